The van der Waals surface area contributed by atoms with E-state index in [1.54, 1.807) is 0 Å². The first-order valence-electron chi connectivity index (χ1n) is 6.61. The van der Waals surface area contributed by atoms with E-state index in [1.165, 1.54) is 32.2 Å². The predicted molar refractivity (Wildman–Crippen MR) is 68.6 cm³/mol. The first-order chi connectivity index (χ1) is 7.59. The maximum Gasteiger partial charge on any atom is 0.0568 e. The second-order valence-electron chi connectivity index (χ2n) is 5.51. The molecule has 2 atom stereocenters. The minimum Gasteiger partial charge on any atom is -0.393 e. The van der Waals surface area contributed by atoms with E-state index in [4.69, 9.17) is 0 Å². The summed E-state index contributed by atoms with van der Waals surface area (Å²) >= 11 is 0. The predicted octanol–water partition coefficient (Wildman–Crippen LogP) is 1.42. The van der Waals surface area contributed by atoms with Crippen LogP contribution in [0.4, 0.5) is 0 Å². The smallest absolute Gasteiger partial charge is 0.0568 e. The molecule has 0 radical (unpaired) electrons. The Morgan fingerprint density at radius 2 is 1.81 bits per heavy atom. The van der Waals surface area contributed by atoms with Gasteiger partial charge in [0.1, 0.15) is 0 Å². The van der Waals surface area contributed by atoms with Gasteiger partial charge in [-0.15, -0.1) is 0 Å². The van der Waals surface area contributed by atoms with Gasteiger partial charge in [0.15, 0.2) is 0 Å². The van der Waals surface area contributed by atoms with Crippen molar-refractivity contribution >= 4 is 0 Å². The lowest BCUT2D eigenvalue weighted by molar-refractivity contribution is 0.120. The summed E-state index contributed by atoms with van der Waals surface area (Å²) in [6.45, 7) is 3.46. The van der Waals surface area contributed by atoms with Crippen molar-refractivity contribution in [2.75, 3.05) is 40.8 Å². The van der Waals surface area contributed by atoms with E-state index < -0.39 is 0 Å². The molecule has 0 aromatic carbocycles. The van der Waals surface area contributed by atoms with Gasteiger partial charge in [0, 0.05) is 0 Å². The van der Waals surface area contributed by atoms with E-state index >= 15 is 0 Å². The van der Waals surface area contributed by atoms with Crippen molar-refractivity contribution in [3.63, 3.8) is 0 Å². The number of rotatable bonds is 7. The fraction of sp³-hybridized carbons (Fsp3) is 1.00. The first kappa shape index (κ1) is 13.9. The molecule has 1 fully saturated rings. The number of nitrogens with zero attached hydrogens (tertiary/aromatic N) is 2. The molecule has 1 aliphatic rings. The van der Waals surface area contributed by atoms with Crippen molar-refractivity contribution in [3.05, 3.63) is 0 Å². The molecule has 0 aromatic heterocycles. The van der Waals surface area contributed by atoms with Crippen molar-refractivity contribution in [2.45, 2.75) is 38.2 Å². The summed E-state index contributed by atoms with van der Waals surface area (Å²) in [6, 6.07) is 0. The molecule has 0 saturated heterocycles. The van der Waals surface area contributed by atoms with Gasteiger partial charge >= 0.3 is 0 Å². The lowest BCUT2D eigenvalue weighted by Crippen LogP contribution is -2.27. The molecule has 16 heavy (non-hydrogen) atoms. The Labute approximate surface area is 100 Å². The molecular weight excluding hydrogens is 200 g/mol. The molecule has 0 amide bonds. The topological polar surface area (TPSA) is 26.7 Å². The fourth-order valence-corrected chi connectivity index (χ4v) is 2.51. The monoisotopic (exact) mass is 228 g/mol. The minimum absolute atomic E-state index is 0.0184. The molecule has 3 heteroatoms. The molecule has 0 aromatic rings. The molecule has 1 aliphatic carbocycles. The largest absolute Gasteiger partial charge is 0.393 e. The lowest BCUT2D eigenvalue weighted by atomic mass is 10.0. The Morgan fingerprint density at radius 1 is 1.06 bits per heavy atom. The maximum absolute atomic E-state index is 9.73. The van der Waals surface area contributed by atoms with E-state index in [0.717, 1.165) is 19.5 Å². The van der Waals surface area contributed by atoms with Gasteiger partial charge in [-0.05, 0) is 72.4 Å². The van der Waals surface area contributed by atoms with E-state index in [9.17, 15) is 5.11 Å². The third kappa shape index (κ3) is 5.28. The Hall–Kier alpha value is -0.120. The molecule has 96 valence electrons. The molecule has 0 spiro atoms. The van der Waals surface area contributed by atoms with Crippen molar-refractivity contribution in [1.82, 2.24) is 9.80 Å². The van der Waals surface area contributed by atoms with Crippen LogP contribution >= 0.6 is 0 Å². The number of hydrogen-bond acceptors (Lipinski definition) is 3. The second-order valence-corrected chi connectivity index (χ2v) is 5.51. The molecule has 0 heterocycles. The highest BCUT2D eigenvalue weighted by Crippen LogP contribution is 2.28. The second kappa shape index (κ2) is 7.25. The van der Waals surface area contributed by atoms with Gasteiger partial charge in [0.25, 0.3) is 0 Å². The summed E-state index contributed by atoms with van der Waals surface area (Å²) in [4.78, 5) is 4.63. The Balaban J connectivity index is 2.03. The van der Waals surface area contributed by atoms with Crippen LogP contribution in [0.25, 0.3) is 0 Å². The number of aliphatic hydroxyl groups is 1. The third-order valence-electron chi connectivity index (χ3n) is 3.65. The van der Waals surface area contributed by atoms with Crippen molar-refractivity contribution in [3.8, 4) is 0 Å². The summed E-state index contributed by atoms with van der Waals surface area (Å²) in [6.07, 6.45) is 5.85. The molecule has 1 N–H and O–H groups in total. The van der Waals surface area contributed by atoms with Crippen molar-refractivity contribution in [1.29, 1.82) is 0 Å². The Kier molecular flexibility index (Phi) is 6.32. The third-order valence-corrected chi connectivity index (χ3v) is 3.65. The average Bonchev–Trinajstić information content (AvgIpc) is 2.60. The van der Waals surface area contributed by atoms with Gasteiger partial charge in [-0.3, -0.25) is 0 Å². The highest BCUT2D eigenvalue weighted by molar-refractivity contribution is 4.77. The maximum atomic E-state index is 9.73. The number of aliphatic hydroxyl groups excluding tert-OH is 1. The van der Waals surface area contributed by atoms with Crippen LogP contribution in [0.2, 0.25) is 0 Å². The fourth-order valence-electron chi connectivity index (χ4n) is 2.51. The summed E-state index contributed by atoms with van der Waals surface area (Å²) < 4.78 is 0. The van der Waals surface area contributed by atoms with Gasteiger partial charge in [0.05, 0.1) is 6.10 Å². The van der Waals surface area contributed by atoms with Crippen LogP contribution in [0, 0.1) is 5.92 Å². The summed E-state index contributed by atoms with van der Waals surface area (Å²) in [5.41, 5.74) is 0. The Morgan fingerprint density at radius 3 is 2.38 bits per heavy atom. The van der Waals surface area contributed by atoms with E-state index in [2.05, 4.69) is 30.9 Å². The summed E-state index contributed by atoms with van der Waals surface area (Å²) in [5.74, 6) is 0.566. The standard InChI is InChI=1S/C13H28N2O/c1-14(2)9-5-10-15(3)11-8-12-6-4-7-13(12)16/h12-13,16H,4-11H2,1-3H3. The van der Waals surface area contributed by atoms with E-state index in [1.807, 2.05) is 0 Å². The van der Waals surface area contributed by atoms with Crippen LogP contribution in [0.15, 0.2) is 0 Å². The molecule has 1 saturated carbocycles. The normalized spacial score (nSPS) is 25.9. The van der Waals surface area contributed by atoms with Crippen molar-refractivity contribution < 1.29 is 5.11 Å². The molecule has 0 aliphatic heterocycles. The van der Waals surface area contributed by atoms with Crippen LogP contribution in [-0.2, 0) is 0 Å². The summed E-state index contributed by atoms with van der Waals surface area (Å²) in [5, 5.41) is 9.73. The van der Waals surface area contributed by atoms with Crippen LogP contribution in [0.1, 0.15) is 32.1 Å². The minimum atomic E-state index is -0.0184. The molecule has 2 unspecified atom stereocenters. The molecule has 3 nitrogen and oxygen atoms in total. The molecular formula is C13H28N2O. The highest BCUT2D eigenvalue weighted by atomic mass is 16.3. The van der Waals surface area contributed by atoms with Gasteiger partial charge in [0.2, 0.25) is 0 Å². The van der Waals surface area contributed by atoms with Gasteiger partial charge < -0.3 is 14.9 Å². The van der Waals surface area contributed by atoms with Crippen LogP contribution < -0.4 is 0 Å². The average molecular weight is 228 g/mol. The quantitative estimate of drug-likeness (QED) is 0.714. The van der Waals surface area contributed by atoms with Crippen molar-refractivity contribution in [2.24, 2.45) is 5.92 Å². The van der Waals surface area contributed by atoms with Gasteiger partial charge in [-0.1, -0.05) is 6.42 Å². The number of hydrogen-bond donors (Lipinski definition) is 1. The zero-order chi connectivity index (χ0) is 12.0. The summed E-state index contributed by atoms with van der Waals surface area (Å²) in [7, 11) is 6.43. The lowest BCUT2D eigenvalue weighted by Gasteiger charge is -2.21. The van der Waals surface area contributed by atoms with Gasteiger partial charge in [-0.2, -0.15) is 0 Å². The van der Waals surface area contributed by atoms with Crippen LogP contribution in [-0.4, -0.2) is 61.8 Å². The van der Waals surface area contributed by atoms with Gasteiger partial charge in [-0.25, -0.2) is 0 Å². The first-order valence-corrected chi connectivity index (χ1v) is 6.61. The molecule has 1 rings (SSSR count). The molecule has 0 bridgehead atoms. The van der Waals surface area contributed by atoms with E-state index in [-0.39, 0.29) is 6.10 Å². The van der Waals surface area contributed by atoms with E-state index in [0.29, 0.717) is 5.92 Å². The van der Waals surface area contributed by atoms with Crippen LogP contribution in [0.3, 0.4) is 0 Å². The van der Waals surface area contributed by atoms with Crippen LogP contribution in [0.5, 0.6) is 0 Å². The SMILES string of the molecule is CN(C)CCCN(C)CCC1CCCC1O. The Bertz CT molecular complexity index is 185. The zero-order valence-corrected chi connectivity index (χ0v) is 11.2. The highest BCUT2D eigenvalue weighted by Gasteiger charge is 2.24. The zero-order valence-electron chi connectivity index (χ0n) is 11.2.